The Balaban J connectivity index is 2.31. The van der Waals surface area contributed by atoms with Crippen LogP contribution in [0.1, 0.15) is 5.56 Å². The zero-order valence-electron chi connectivity index (χ0n) is 12.7. The van der Waals surface area contributed by atoms with Crippen molar-refractivity contribution in [3.05, 3.63) is 58.6 Å². The van der Waals surface area contributed by atoms with Crippen molar-refractivity contribution in [3.8, 4) is 17.2 Å². The average Bonchev–Trinajstić information content (AvgIpc) is 2.55. The van der Waals surface area contributed by atoms with Crippen molar-refractivity contribution in [2.24, 2.45) is 0 Å². The van der Waals surface area contributed by atoms with E-state index in [4.69, 9.17) is 9.47 Å². The summed E-state index contributed by atoms with van der Waals surface area (Å²) in [5, 5.41) is 0.576. The minimum absolute atomic E-state index is 0.139. The van der Waals surface area contributed by atoms with Crippen LogP contribution in [-0.2, 0) is 0 Å². The summed E-state index contributed by atoms with van der Waals surface area (Å²) in [5.74, 6) is 1.23. The highest BCUT2D eigenvalue weighted by atomic mass is 16.5. The molecule has 0 aliphatic carbocycles. The molecule has 0 spiro atoms. The molecule has 3 aromatic rings. The molecule has 0 unspecified atom stereocenters. The summed E-state index contributed by atoms with van der Waals surface area (Å²) in [7, 11) is 3.14. The van der Waals surface area contributed by atoms with E-state index in [2.05, 4.69) is 4.98 Å². The van der Waals surface area contributed by atoms with Crippen LogP contribution in [-0.4, -0.2) is 23.8 Å². The van der Waals surface area contributed by atoms with Crippen LogP contribution in [0.15, 0.2) is 47.5 Å². The number of aromatic nitrogens is 2. The molecule has 5 heteroatoms. The quantitative estimate of drug-likeness (QED) is 0.745. The van der Waals surface area contributed by atoms with Crippen molar-refractivity contribution >= 4 is 10.9 Å². The Morgan fingerprint density at radius 1 is 1.09 bits per heavy atom. The van der Waals surface area contributed by atoms with Gasteiger partial charge in [0.1, 0.15) is 17.8 Å². The molecule has 2 aromatic carbocycles. The van der Waals surface area contributed by atoms with E-state index in [1.165, 1.54) is 10.9 Å². The summed E-state index contributed by atoms with van der Waals surface area (Å²) >= 11 is 0. The van der Waals surface area contributed by atoms with Crippen molar-refractivity contribution in [2.75, 3.05) is 14.2 Å². The number of nitrogens with zero attached hydrogens (tertiary/aromatic N) is 2. The zero-order valence-corrected chi connectivity index (χ0v) is 12.7. The highest BCUT2D eigenvalue weighted by molar-refractivity contribution is 5.80. The number of rotatable bonds is 3. The van der Waals surface area contributed by atoms with Gasteiger partial charge in [-0.2, -0.15) is 0 Å². The molecule has 0 saturated heterocycles. The first kappa shape index (κ1) is 14.1. The maximum Gasteiger partial charge on any atom is 0.265 e. The third-order valence-electron chi connectivity index (χ3n) is 3.63. The van der Waals surface area contributed by atoms with E-state index in [9.17, 15) is 4.79 Å². The summed E-state index contributed by atoms with van der Waals surface area (Å²) in [6.07, 6.45) is 1.52. The first-order valence-corrected chi connectivity index (χ1v) is 6.85. The molecule has 0 amide bonds. The Hall–Kier alpha value is -2.82. The predicted octanol–water partition coefficient (Wildman–Crippen LogP) is 2.71. The highest BCUT2D eigenvalue weighted by Crippen LogP contribution is 2.26. The van der Waals surface area contributed by atoms with Crippen molar-refractivity contribution in [1.29, 1.82) is 0 Å². The Kier molecular flexibility index (Phi) is 3.55. The van der Waals surface area contributed by atoms with Crippen molar-refractivity contribution in [3.63, 3.8) is 0 Å². The highest BCUT2D eigenvalue weighted by Gasteiger charge is 2.12. The third kappa shape index (κ3) is 2.20. The van der Waals surface area contributed by atoms with E-state index in [0.717, 1.165) is 5.56 Å². The molecule has 0 aliphatic rings. The fourth-order valence-electron chi connectivity index (χ4n) is 2.46. The second-order valence-corrected chi connectivity index (χ2v) is 4.93. The molecule has 5 nitrogen and oxygen atoms in total. The fraction of sp³-hybridized carbons (Fsp3) is 0.176. The predicted molar refractivity (Wildman–Crippen MR) is 85.2 cm³/mol. The number of fused-ring (bicyclic) bond motifs is 1. The smallest absolute Gasteiger partial charge is 0.265 e. The molecule has 0 saturated carbocycles. The van der Waals surface area contributed by atoms with E-state index in [-0.39, 0.29) is 5.56 Å². The van der Waals surface area contributed by atoms with Gasteiger partial charge < -0.3 is 9.47 Å². The number of hydrogen-bond donors (Lipinski definition) is 0. The van der Waals surface area contributed by atoms with Gasteiger partial charge in [-0.1, -0.05) is 12.1 Å². The summed E-state index contributed by atoms with van der Waals surface area (Å²) in [4.78, 5) is 17.2. The molecule has 0 bridgehead atoms. The van der Waals surface area contributed by atoms with Gasteiger partial charge in [0.15, 0.2) is 0 Å². The fourth-order valence-corrected chi connectivity index (χ4v) is 2.46. The second kappa shape index (κ2) is 5.52. The molecule has 3 rings (SSSR count). The molecule has 0 fully saturated rings. The number of ether oxygens (including phenoxy) is 2. The lowest BCUT2D eigenvalue weighted by Gasteiger charge is -2.13. The molecule has 22 heavy (non-hydrogen) atoms. The van der Waals surface area contributed by atoms with Crippen LogP contribution in [0, 0.1) is 6.92 Å². The van der Waals surface area contributed by atoms with E-state index >= 15 is 0 Å². The van der Waals surface area contributed by atoms with Gasteiger partial charge in [0.25, 0.3) is 5.56 Å². The van der Waals surface area contributed by atoms with Crippen LogP contribution in [0.2, 0.25) is 0 Å². The molecular weight excluding hydrogens is 280 g/mol. The molecule has 1 aromatic heterocycles. The maximum atomic E-state index is 12.8. The number of para-hydroxylation sites is 1. The van der Waals surface area contributed by atoms with Gasteiger partial charge >= 0.3 is 0 Å². The monoisotopic (exact) mass is 296 g/mol. The van der Waals surface area contributed by atoms with Gasteiger partial charge in [0.2, 0.25) is 0 Å². The van der Waals surface area contributed by atoms with E-state index < -0.39 is 0 Å². The lowest BCUT2D eigenvalue weighted by molar-refractivity contribution is 0.401. The summed E-state index contributed by atoms with van der Waals surface area (Å²) in [6.45, 7) is 1.94. The number of methoxy groups -OCH3 is 2. The molecule has 0 N–H and O–H groups in total. The van der Waals surface area contributed by atoms with Crippen LogP contribution < -0.4 is 15.0 Å². The van der Waals surface area contributed by atoms with Gasteiger partial charge in [-0.25, -0.2) is 4.98 Å². The standard InChI is InChI=1S/C17H16N2O3/c1-11-5-4-6-13-16(11)18-10-19(17(13)20)14-9-12(21-2)7-8-15(14)22-3/h4-10H,1-3H3. The largest absolute Gasteiger partial charge is 0.497 e. The number of benzene rings is 2. The van der Waals surface area contributed by atoms with E-state index in [0.29, 0.717) is 28.1 Å². The van der Waals surface area contributed by atoms with Gasteiger partial charge in [-0.15, -0.1) is 0 Å². The van der Waals surface area contributed by atoms with Gasteiger partial charge in [-0.3, -0.25) is 9.36 Å². The second-order valence-electron chi connectivity index (χ2n) is 4.93. The van der Waals surface area contributed by atoms with E-state index in [1.54, 1.807) is 38.5 Å². The SMILES string of the molecule is COc1ccc(OC)c(-n2cnc3c(C)cccc3c2=O)c1. The first-order valence-electron chi connectivity index (χ1n) is 6.85. The van der Waals surface area contributed by atoms with E-state index in [1.807, 2.05) is 19.1 Å². The van der Waals surface area contributed by atoms with Crippen LogP contribution in [0.5, 0.6) is 11.5 Å². The van der Waals surface area contributed by atoms with Crippen molar-refractivity contribution in [1.82, 2.24) is 9.55 Å². The minimum Gasteiger partial charge on any atom is -0.497 e. The maximum absolute atomic E-state index is 12.8. The molecular formula is C17H16N2O3. The van der Waals surface area contributed by atoms with Crippen LogP contribution in [0.4, 0.5) is 0 Å². The van der Waals surface area contributed by atoms with Crippen LogP contribution >= 0.6 is 0 Å². The molecule has 0 aliphatic heterocycles. The number of aryl methyl sites for hydroxylation is 1. The average molecular weight is 296 g/mol. The molecule has 112 valence electrons. The first-order chi connectivity index (χ1) is 10.7. The van der Waals surface area contributed by atoms with Crippen LogP contribution in [0.3, 0.4) is 0 Å². The van der Waals surface area contributed by atoms with Crippen LogP contribution in [0.25, 0.3) is 16.6 Å². The third-order valence-corrected chi connectivity index (χ3v) is 3.63. The Morgan fingerprint density at radius 2 is 1.91 bits per heavy atom. The van der Waals surface area contributed by atoms with Crippen molar-refractivity contribution < 1.29 is 9.47 Å². The lowest BCUT2D eigenvalue weighted by Crippen LogP contribution is -2.19. The van der Waals surface area contributed by atoms with Gasteiger partial charge in [-0.05, 0) is 30.7 Å². The lowest BCUT2D eigenvalue weighted by atomic mass is 10.1. The normalized spacial score (nSPS) is 10.7. The summed E-state index contributed by atoms with van der Waals surface area (Å²) in [5.41, 5.74) is 2.15. The summed E-state index contributed by atoms with van der Waals surface area (Å²) in [6, 6.07) is 10.9. The minimum atomic E-state index is -0.139. The zero-order chi connectivity index (χ0) is 15.7. The topological polar surface area (TPSA) is 53.4 Å². The Morgan fingerprint density at radius 3 is 2.64 bits per heavy atom. The molecule has 1 heterocycles. The molecule has 0 atom stereocenters. The molecule has 0 radical (unpaired) electrons. The van der Waals surface area contributed by atoms with Gasteiger partial charge in [0, 0.05) is 6.07 Å². The number of hydrogen-bond acceptors (Lipinski definition) is 4. The Bertz CT molecular complexity index is 900. The van der Waals surface area contributed by atoms with Crippen molar-refractivity contribution in [2.45, 2.75) is 6.92 Å². The van der Waals surface area contributed by atoms with Gasteiger partial charge in [0.05, 0.1) is 30.8 Å². The Labute approximate surface area is 127 Å². The summed E-state index contributed by atoms with van der Waals surface area (Å²) < 4.78 is 12.1.